The molecule has 0 aliphatic carbocycles. The molecule has 2 rings (SSSR count). The quantitative estimate of drug-likeness (QED) is 0.830. The highest BCUT2D eigenvalue weighted by atomic mass is 16.6. The lowest BCUT2D eigenvalue weighted by Crippen LogP contribution is -2.35. The predicted molar refractivity (Wildman–Crippen MR) is 79.2 cm³/mol. The molecule has 108 valence electrons. The Morgan fingerprint density at radius 1 is 1.50 bits per heavy atom. The Morgan fingerprint density at radius 3 is 2.95 bits per heavy atom. The average Bonchev–Trinajstić information content (AvgIpc) is 2.84. The number of carbonyl (C=O) groups is 1. The standard InChI is InChI=1S/C16H22N2O2/c1-16(2,3)20-15(19)18-10-8-14(12-18)7-6-13-5-4-9-17-11-13/h4-7,9,11,14H,8,10,12H2,1-3H3/b7-6+/t14-/m0/s1. The van der Waals surface area contributed by atoms with Crippen molar-refractivity contribution in [2.45, 2.75) is 32.8 Å². The van der Waals surface area contributed by atoms with E-state index in [0.717, 1.165) is 25.1 Å². The minimum absolute atomic E-state index is 0.213. The lowest BCUT2D eigenvalue weighted by Gasteiger charge is -2.24. The first-order valence-corrected chi connectivity index (χ1v) is 7.00. The van der Waals surface area contributed by atoms with Crippen LogP contribution in [0.3, 0.4) is 0 Å². The van der Waals surface area contributed by atoms with Crippen LogP contribution >= 0.6 is 0 Å². The van der Waals surface area contributed by atoms with Gasteiger partial charge in [0.15, 0.2) is 0 Å². The summed E-state index contributed by atoms with van der Waals surface area (Å²) in [5, 5.41) is 0. The zero-order valence-electron chi connectivity index (χ0n) is 12.4. The molecular weight excluding hydrogens is 252 g/mol. The smallest absolute Gasteiger partial charge is 0.410 e. The third kappa shape index (κ3) is 4.37. The van der Waals surface area contributed by atoms with E-state index in [0.29, 0.717) is 5.92 Å². The van der Waals surface area contributed by atoms with Crippen molar-refractivity contribution < 1.29 is 9.53 Å². The molecule has 1 saturated heterocycles. The SMILES string of the molecule is CC(C)(C)OC(=O)N1CC[C@H](/C=C/c2cccnc2)C1. The number of hydrogen-bond donors (Lipinski definition) is 0. The van der Waals surface area contributed by atoms with Gasteiger partial charge in [0.05, 0.1) is 0 Å². The third-order valence-corrected chi connectivity index (χ3v) is 3.12. The average molecular weight is 274 g/mol. The number of pyridine rings is 1. The lowest BCUT2D eigenvalue weighted by atomic mass is 10.1. The van der Waals surface area contributed by atoms with Crippen LogP contribution in [0.4, 0.5) is 4.79 Å². The molecule has 4 heteroatoms. The molecule has 0 bridgehead atoms. The van der Waals surface area contributed by atoms with E-state index < -0.39 is 5.60 Å². The van der Waals surface area contributed by atoms with E-state index in [4.69, 9.17) is 4.74 Å². The number of hydrogen-bond acceptors (Lipinski definition) is 3. The van der Waals surface area contributed by atoms with E-state index in [9.17, 15) is 4.79 Å². The van der Waals surface area contributed by atoms with Gasteiger partial charge >= 0.3 is 6.09 Å². The van der Waals surface area contributed by atoms with Crippen molar-refractivity contribution in [3.05, 3.63) is 36.2 Å². The molecule has 1 fully saturated rings. The topological polar surface area (TPSA) is 42.4 Å². The molecule has 1 aliphatic heterocycles. The number of rotatable bonds is 2. The molecule has 1 amide bonds. The summed E-state index contributed by atoms with van der Waals surface area (Å²) in [4.78, 5) is 17.8. The number of ether oxygens (including phenoxy) is 1. The molecule has 1 aromatic heterocycles. The van der Waals surface area contributed by atoms with Crippen molar-refractivity contribution in [2.75, 3.05) is 13.1 Å². The van der Waals surface area contributed by atoms with Gasteiger partial charge in [0.2, 0.25) is 0 Å². The van der Waals surface area contributed by atoms with Gasteiger partial charge in [-0.15, -0.1) is 0 Å². The van der Waals surface area contributed by atoms with Crippen molar-refractivity contribution in [3.8, 4) is 0 Å². The molecular formula is C16H22N2O2. The highest BCUT2D eigenvalue weighted by molar-refractivity contribution is 5.68. The summed E-state index contributed by atoms with van der Waals surface area (Å²) in [5.74, 6) is 0.391. The summed E-state index contributed by atoms with van der Waals surface area (Å²) in [6, 6.07) is 3.94. The van der Waals surface area contributed by atoms with E-state index in [2.05, 4.69) is 17.1 Å². The van der Waals surface area contributed by atoms with Gasteiger partial charge in [0.1, 0.15) is 5.60 Å². The molecule has 0 spiro atoms. The second kappa shape index (κ2) is 6.07. The zero-order valence-corrected chi connectivity index (χ0v) is 12.4. The van der Waals surface area contributed by atoms with Crippen LogP contribution in [0.15, 0.2) is 30.6 Å². The van der Waals surface area contributed by atoms with Crippen LogP contribution in [0.5, 0.6) is 0 Å². The highest BCUT2D eigenvalue weighted by Gasteiger charge is 2.28. The minimum atomic E-state index is -0.430. The van der Waals surface area contributed by atoms with E-state index >= 15 is 0 Å². The maximum Gasteiger partial charge on any atom is 0.410 e. The fraction of sp³-hybridized carbons (Fsp3) is 0.500. The first kappa shape index (κ1) is 14.6. The van der Waals surface area contributed by atoms with Gasteiger partial charge in [0.25, 0.3) is 0 Å². The van der Waals surface area contributed by atoms with Gasteiger partial charge in [-0.3, -0.25) is 4.98 Å². The third-order valence-electron chi connectivity index (χ3n) is 3.12. The maximum atomic E-state index is 12.0. The van der Waals surface area contributed by atoms with Crippen LogP contribution in [0.2, 0.25) is 0 Å². The molecule has 1 aliphatic rings. The number of aromatic nitrogens is 1. The minimum Gasteiger partial charge on any atom is -0.444 e. The Hall–Kier alpha value is -1.84. The van der Waals surface area contributed by atoms with Gasteiger partial charge in [-0.2, -0.15) is 0 Å². The Bertz CT molecular complexity index is 477. The molecule has 0 saturated carbocycles. The molecule has 1 aromatic rings. The van der Waals surface area contributed by atoms with Crippen molar-refractivity contribution in [2.24, 2.45) is 5.92 Å². The van der Waals surface area contributed by atoms with Gasteiger partial charge in [0, 0.05) is 25.5 Å². The van der Waals surface area contributed by atoms with E-state index in [1.165, 1.54) is 0 Å². The Labute approximate surface area is 120 Å². The summed E-state index contributed by atoms with van der Waals surface area (Å²) in [6.45, 7) is 7.16. The van der Waals surface area contributed by atoms with Crippen LogP contribution in [-0.4, -0.2) is 34.7 Å². The van der Waals surface area contributed by atoms with E-state index in [1.54, 1.807) is 11.1 Å². The second-order valence-electron chi connectivity index (χ2n) is 6.12. The summed E-state index contributed by atoms with van der Waals surface area (Å²) in [5.41, 5.74) is 0.656. The van der Waals surface area contributed by atoms with Crippen LogP contribution in [0.25, 0.3) is 6.08 Å². The van der Waals surface area contributed by atoms with E-state index in [-0.39, 0.29) is 6.09 Å². The summed E-state index contributed by atoms with van der Waals surface area (Å²) in [6.07, 6.45) is 8.58. The Balaban J connectivity index is 1.86. The van der Waals surface area contributed by atoms with Gasteiger partial charge in [-0.25, -0.2) is 4.79 Å². The molecule has 0 unspecified atom stereocenters. The Morgan fingerprint density at radius 2 is 2.30 bits per heavy atom. The highest BCUT2D eigenvalue weighted by Crippen LogP contribution is 2.21. The van der Waals surface area contributed by atoms with Crippen molar-refractivity contribution in [1.29, 1.82) is 0 Å². The number of amides is 1. The fourth-order valence-corrected chi connectivity index (χ4v) is 2.16. The monoisotopic (exact) mass is 274 g/mol. The number of carbonyl (C=O) groups excluding carboxylic acids is 1. The predicted octanol–water partition coefficient (Wildman–Crippen LogP) is 3.35. The van der Waals surface area contributed by atoms with Gasteiger partial charge in [-0.05, 0) is 44.7 Å². The molecule has 4 nitrogen and oxygen atoms in total. The zero-order chi connectivity index (χ0) is 14.6. The van der Waals surface area contributed by atoms with Crippen molar-refractivity contribution >= 4 is 12.2 Å². The normalized spacial score (nSPS) is 19.6. The molecule has 0 N–H and O–H groups in total. The number of likely N-dealkylation sites (tertiary alicyclic amines) is 1. The molecule has 0 aromatic carbocycles. The van der Waals surface area contributed by atoms with Crippen LogP contribution in [0.1, 0.15) is 32.8 Å². The first-order valence-electron chi connectivity index (χ1n) is 7.00. The van der Waals surface area contributed by atoms with Crippen LogP contribution < -0.4 is 0 Å². The first-order chi connectivity index (χ1) is 9.44. The summed E-state index contributed by atoms with van der Waals surface area (Å²) < 4.78 is 5.39. The molecule has 0 radical (unpaired) electrons. The second-order valence-corrected chi connectivity index (χ2v) is 6.12. The number of nitrogens with zero attached hydrogens (tertiary/aromatic N) is 2. The lowest BCUT2D eigenvalue weighted by molar-refractivity contribution is 0.0291. The summed E-state index contributed by atoms with van der Waals surface area (Å²) in [7, 11) is 0. The van der Waals surface area contributed by atoms with E-state index in [1.807, 2.05) is 39.1 Å². The van der Waals surface area contributed by atoms with Crippen LogP contribution in [-0.2, 0) is 4.74 Å². The van der Waals surface area contributed by atoms with Crippen LogP contribution in [0, 0.1) is 5.92 Å². The molecule has 1 atom stereocenters. The Kier molecular flexibility index (Phi) is 4.42. The largest absolute Gasteiger partial charge is 0.444 e. The molecule has 2 heterocycles. The van der Waals surface area contributed by atoms with Crippen molar-refractivity contribution in [1.82, 2.24) is 9.88 Å². The maximum absolute atomic E-state index is 12.0. The molecule has 20 heavy (non-hydrogen) atoms. The van der Waals surface area contributed by atoms with Gasteiger partial charge in [-0.1, -0.05) is 18.2 Å². The summed E-state index contributed by atoms with van der Waals surface area (Å²) >= 11 is 0. The fourth-order valence-electron chi connectivity index (χ4n) is 2.16. The van der Waals surface area contributed by atoms with Gasteiger partial charge < -0.3 is 9.64 Å². The van der Waals surface area contributed by atoms with Crippen molar-refractivity contribution in [3.63, 3.8) is 0 Å².